The zero-order valence-corrected chi connectivity index (χ0v) is 13.4. The predicted octanol–water partition coefficient (Wildman–Crippen LogP) is 1.17. The minimum atomic E-state index is -0.912. The molecule has 4 rings (SSSR count). The summed E-state index contributed by atoms with van der Waals surface area (Å²) >= 11 is 0. The molecule has 0 fully saturated rings. The van der Waals surface area contributed by atoms with Crippen LogP contribution in [-0.4, -0.2) is 41.9 Å². The van der Waals surface area contributed by atoms with Gasteiger partial charge in [-0.2, -0.15) is 0 Å². The van der Waals surface area contributed by atoms with Crippen molar-refractivity contribution in [3.05, 3.63) is 59.7 Å². The highest BCUT2D eigenvalue weighted by Gasteiger charge is 2.39. The Hall–Kier alpha value is -3.68. The first-order chi connectivity index (χ1) is 12.6. The maximum Gasteiger partial charge on any atom is 0.352 e. The quantitative estimate of drug-likeness (QED) is 0.770. The van der Waals surface area contributed by atoms with Crippen molar-refractivity contribution < 1.29 is 28.8 Å². The lowest BCUT2D eigenvalue weighted by Gasteiger charge is -2.28. The van der Waals surface area contributed by atoms with Crippen LogP contribution in [-0.2, 0) is 14.4 Å². The molecule has 26 heavy (non-hydrogen) atoms. The van der Waals surface area contributed by atoms with Crippen molar-refractivity contribution in [2.45, 2.75) is 0 Å². The molecule has 0 radical (unpaired) electrons. The number of amides is 3. The first-order valence-corrected chi connectivity index (χ1v) is 7.77. The van der Waals surface area contributed by atoms with Gasteiger partial charge in [-0.25, -0.2) is 4.79 Å². The summed E-state index contributed by atoms with van der Waals surface area (Å²) in [5.41, 5.74) is 0.749. The average Bonchev–Trinajstić information content (AvgIpc) is 2.89. The summed E-state index contributed by atoms with van der Waals surface area (Å²) in [5, 5.41) is 0.420. The number of fused-ring (bicyclic) bond motifs is 2. The summed E-state index contributed by atoms with van der Waals surface area (Å²) in [4.78, 5) is 54.9. The molecule has 8 nitrogen and oxygen atoms in total. The number of anilines is 1. The Bertz CT molecular complexity index is 919. The minimum Gasteiger partial charge on any atom is -0.482 e. The molecule has 0 atom stereocenters. The van der Waals surface area contributed by atoms with Gasteiger partial charge in [-0.05, 0) is 24.3 Å². The van der Waals surface area contributed by atoms with Crippen LogP contribution in [0.4, 0.5) is 5.69 Å². The fourth-order valence-corrected chi connectivity index (χ4v) is 2.84. The molecule has 8 heteroatoms. The molecule has 0 aliphatic carbocycles. The van der Waals surface area contributed by atoms with E-state index < -0.39 is 30.2 Å². The smallest absolute Gasteiger partial charge is 0.352 e. The molecule has 2 aromatic carbocycles. The zero-order chi connectivity index (χ0) is 18.3. The number of benzene rings is 2. The summed E-state index contributed by atoms with van der Waals surface area (Å²) < 4.78 is 5.30. The van der Waals surface area contributed by atoms with Crippen molar-refractivity contribution in [3.8, 4) is 5.75 Å². The molecule has 130 valence electrons. The van der Waals surface area contributed by atoms with Gasteiger partial charge in [-0.15, -0.1) is 0 Å². The van der Waals surface area contributed by atoms with E-state index in [4.69, 9.17) is 9.57 Å². The molecular weight excluding hydrogens is 340 g/mol. The number of carbonyl (C=O) groups is 4. The number of ether oxygens (including phenoxy) is 1. The highest BCUT2D eigenvalue weighted by atomic mass is 16.7. The molecule has 0 aromatic heterocycles. The third-order valence-corrected chi connectivity index (χ3v) is 4.05. The van der Waals surface area contributed by atoms with E-state index in [-0.39, 0.29) is 17.7 Å². The first kappa shape index (κ1) is 15.8. The van der Waals surface area contributed by atoms with Gasteiger partial charge in [0.25, 0.3) is 17.7 Å². The summed E-state index contributed by atoms with van der Waals surface area (Å²) in [7, 11) is 0. The third-order valence-electron chi connectivity index (χ3n) is 4.05. The number of imide groups is 1. The van der Waals surface area contributed by atoms with E-state index in [2.05, 4.69) is 0 Å². The molecule has 0 spiro atoms. The number of nitrogens with zero attached hydrogens (tertiary/aromatic N) is 2. The fourth-order valence-electron chi connectivity index (χ4n) is 2.84. The second kappa shape index (κ2) is 5.99. The summed E-state index contributed by atoms with van der Waals surface area (Å²) in [6.07, 6.45) is 0. The second-order valence-corrected chi connectivity index (χ2v) is 5.65. The maximum atomic E-state index is 12.3. The predicted molar refractivity (Wildman–Crippen MR) is 87.3 cm³/mol. The highest BCUT2D eigenvalue weighted by molar-refractivity contribution is 6.21. The van der Waals surface area contributed by atoms with Gasteiger partial charge in [0.2, 0.25) is 0 Å². The third kappa shape index (κ3) is 2.48. The minimum absolute atomic E-state index is 0.165. The lowest BCUT2D eigenvalue weighted by atomic mass is 10.1. The Morgan fingerprint density at radius 2 is 1.58 bits per heavy atom. The van der Waals surface area contributed by atoms with E-state index in [0.29, 0.717) is 16.5 Å². The van der Waals surface area contributed by atoms with Crippen LogP contribution in [0.5, 0.6) is 5.75 Å². The van der Waals surface area contributed by atoms with E-state index in [1.807, 2.05) is 0 Å². The van der Waals surface area contributed by atoms with Crippen molar-refractivity contribution >= 4 is 29.4 Å². The van der Waals surface area contributed by atoms with Crippen molar-refractivity contribution in [1.29, 1.82) is 0 Å². The van der Waals surface area contributed by atoms with Crippen molar-refractivity contribution in [1.82, 2.24) is 5.06 Å². The number of hydrogen-bond donors (Lipinski definition) is 0. The fraction of sp³-hybridized carbons (Fsp3) is 0.111. The molecule has 0 saturated heterocycles. The normalized spacial score (nSPS) is 15.5. The van der Waals surface area contributed by atoms with Gasteiger partial charge >= 0.3 is 5.97 Å². The Morgan fingerprint density at radius 3 is 2.27 bits per heavy atom. The van der Waals surface area contributed by atoms with Crippen molar-refractivity contribution in [2.75, 3.05) is 18.1 Å². The molecule has 2 aliphatic heterocycles. The van der Waals surface area contributed by atoms with Crippen LogP contribution in [0.15, 0.2) is 48.5 Å². The van der Waals surface area contributed by atoms with Gasteiger partial charge in [0.15, 0.2) is 6.61 Å². The number of hydroxylamine groups is 2. The van der Waals surface area contributed by atoms with Gasteiger partial charge in [-0.3, -0.25) is 19.3 Å². The topological polar surface area (TPSA) is 93.2 Å². The van der Waals surface area contributed by atoms with Gasteiger partial charge in [-0.1, -0.05) is 29.3 Å². The lowest BCUT2D eigenvalue weighted by Crippen LogP contribution is -2.44. The van der Waals surface area contributed by atoms with E-state index >= 15 is 0 Å². The second-order valence-electron chi connectivity index (χ2n) is 5.65. The monoisotopic (exact) mass is 352 g/mol. The molecular formula is C18H12N2O6. The highest BCUT2D eigenvalue weighted by Crippen LogP contribution is 2.31. The van der Waals surface area contributed by atoms with E-state index in [0.717, 1.165) is 0 Å². The van der Waals surface area contributed by atoms with Crippen molar-refractivity contribution in [2.24, 2.45) is 0 Å². The lowest BCUT2D eigenvalue weighted by molar-refractivity contribution is -0.167. The van der Waals surface area contributed by atoms with E-state index in [1.54, 1.807) is 36.4 Å². The molecule has 3 amide bonds. The standard InChI is InChI=1S/C18H12N2O6/c21-15-10-25-14-8-4-3-7-13(14)19(15)9-16(22)26-20-17(23)11-5-1-2-6-12(11)18(20)24/h1-8H,9-10H2. The van der Waals surface area contributed by atoms with Crippen LogP contribution in [0.2, 0.25) is 0 Å². The zero-order valence-electron chi connectivity index (χ0n) is 13.4. The molecule has 2 heterocycles. The van der Waals surface area contributed by atoms with E-state index in [1.165, 1.54) is 17.0 Å². The summed E-state index contributed by atoms with van der Waals surface area (Å²) in [6, 6.07) is 12.9. The van der Waals surface area contributed by atoms with Gasteiger partial charge < -0.3 is 9.57 Å². The molecule has 2 aromatic rings. The molecule has 0 saturated carbocycles. The summed E-state index contributed by atoms with van der Waals surface area (Å²) in [6.45, 7) is -0.663. The Balaban J connectivity index is 1.51. The molecule has 0 bridgehead atoms. The van der Waals surface area contributed by atoms with Gasteiger partial charge in [0.1, 0.15) is 12.3 Å². The van der Waals surface area contributed by atoms with E-state index in [9.17, 15) is 19.2 Å². The average molecular weight is 352 g/mol. The number of rotatable bonds is 3. The van der Waals surface area contributed by atoms with Crippen LogP contribution >= 0.6 is 0 Å². The first-order valence-electron chi connectivity index (χ1n) is 7.77. The largest absolute Gasteiger partial charge is 0.482 e. The molecule has 2 aliphatic rings. The SMILES string of the molecule is O=C(CN1C(=O)COc2ccccc21)ON1C(=O)c2ccccc2C1=O. The van der Waals surface area contributed by atoms with Crippen LogP contribution < -0.4 is 9.64 Å². The number of hydrogen-bond acceptors (Lipinski definition) is 6. The van der Waals surface area contributed by atoms with Gasteiger partial charge in [0.05, 0.1) is 16.8 Å². The number of para-hydroxylation sites is 2. The van der Waals surface area contributed by atoms with Gasteiger partial charge in [0, 0.05) is 0 Å². The Labute approximate surface area is 147 Å². The number of carbonyl (C=O) groups excluding carboxylic acids is 4. The summed E-state index contributed by atoms with van der Waals surface area (Å²) in [5.74, 6) is -2.31. The van der Waals surface area contributed by atoms with Crippen molar-refractivity contribution in [3.63, 3.8) is 0 Å². The Morgan fingerprint density at radius 1 is 0.962 bits per heavy atom. The molecule has 0 unspecified atom stereocenters. The molecule has 0 N–H and O–H groups in total. The van der Waals surface area contributed by atoms with Crippen LogP contribution in [0.3, 0.4) is 0 Å². The van der Waals surface area contributed by atoms with Crippen LogP contribution in [0.25, 0.3) is 0 Å². The van der Waals surface area contributed by atoms with Crippen LogP contribution in [0, 0.1) is 0 Å². The Kier molecular flexibility index (Phi) is 3.65. The maximum absolute atomic E-state index is 12.3. The van der Waals surface area contributed by atoms with Crippen LogP contribution in [0.1, 0.15) is 20.7 Å².